The number of hydrogen-bond acceptors (Lipinski definition) is 3. The van der Waals surface area contributed by atoms with Gasteiger partial charge in [-0.2, -0.15) is 0 Å². The minimum absolute atomic E-state index is 0.175. The molecule has 0 saturated carbocycles. The lowest BCUT2D eigenvalue weighted by atomic mass is 10.3. The van der Waals surface area contributed by atoms with Crippen molar-refractivity contribution >= 4 is 17.4 Å². The molecule has 0 bridgehead atoms. The molecular formula is C13H21NOS. The summed E-state index contributed by atoms with van der Waals surface area (Å²) < 4.78 is 5.84. The summed E-state index contributed by atoms with van der Waals surface area (Å²) in [7, 11) is 0. The van der Waals surface area contributed by atoms with Gasteiger partial charge in [0.2, 0.25) is 0 Å². The molecule has 90 valence electrons. The van der Waals surface area contributed by atoms with Gasteiger partial charge in [-0.05, 0) is 26.0 Å². The van der Waals surface area contributed by atoms with Crippen LogP contribution in [-0.2, 0) is 0 Å². The molecule has 0 aromatic heterocycles. The molecule has 1 rings (SSSR count). The Hall–Kier alpha value is -0.830. The van der Waals surface area contributed by atoms with Crippen molar-refractivity contribution in [1.82, 2.24) is 0 Å². The molecule has 0 aliphatic rings. The zero-order chi connectivity index (χ0) is 12.3. The maximum atomic E-state index is 5.86. The van der Waals surface area contributed by atoms with Crippen molar-refractivity contribution in [1.29, 1.82) is 0 Å². The number of ether oxygens (including phenoxy) is 1. The summed E-state index contributed by atoms with van der Waals surface area (Å²) in [5, 5.41) is 0. The van der Waals surface area contributed by atoms with E-state index in [0.717, 1.165) is 16.3 Å². The first-order valence-corrected chi connectivity index (χ1v) is 6.34. The monoisotopic (exact) mass is 239 g/mol. The van der Waals surface area contributed by atoms with Gasteiger partial charge in [0.25, 0.3) is 0 Å². The van der Waals surface area contributed by atoms with Crippen LogP contribution in [-0.4, -0.2) is 10.9 Å². The maximum Gasteiger partial charge on any atom is 0.122 e. The lowest BCUT2D eigenvalue weighted by Gasteiger charge is -2.19. The molecule has 0 aliphatic heterocycles. The number of rotatable bonds is 3. The van der Waals surface area contributed by atoms with E-state index in [1.807, 2.05) is 32.0 Å². The van der Waals surface area contributed by atoms with Gasteiger partial charge in [0, 0.05) is 21.4 Å². The van der Waals surface area contributed by atoms with Crippen LogP contribution in [0, 0.1) is 0 Å². The number of thioether (sulfide) groups is 1. The van der Waals surface area contributed by atoms with Gasteiger partial charge in [0.1, 0.15) is 5.75 Å². The SMILES string of the molecule is CC(C)Oc1cc(N)cc(SC(C)(C)C)c1. The number of benzene rings is 1. The van der Waals surface area contributed by atoms with Gasteiger partial charge in [-0.25, -0.2) is 0 Å². The third-order valence-electron chi connectivity index (χ3n) is 1.70. The van der Waals surface area contributed by atoms with Gasteiger partial charge in [-0.15, -0.1) is 11.8 Å². The standard InChI is InChI=1S/C13H21NOS/c1-9(2)15-11-6-10(14)7-12(8-11)16-13(3,4)5/h6-9H,14H2,1-5H3. The second-order valence-electron chi connectivity index (χ2n) is 5.12. The average molecular weight is 239 g/mol. The topological polar surface area (TPSA) is 35.2 Å². The molecule has 0 radical (unpaired) electrons. The Labute approximate surface area is 103 Å². The van der Waals surface area contributed by atoms with E-state index in [2.05, 4.69) is 20.8 Å². The third-order valence-corrected chi connectivity index (χ3v) is 2.78. The predicted octanol–water partition coefficient (Wildman–Crippen LogP) is 3.95. The van der Waals surface area contributed by atoms with Gasteiger partial charge >= 0.3 is 0 Å². The van der Waals surface area contributed by atoms with E-state index >= 15 is 0 Å². The zero-order valence-electron chi connectivity index (χ0n) is 10.7. The predicted molar refractivity (Wildman–Crippen MR) is 72.2 cm³/mol. The van der Waals surface area contributed by atoms with Crippen molar-refractivity contribution in [3.05, 3.63) is 18.2 Å². The molecule has 0 fully saturated rings. The summed E-state index contributed by atoms with van der Waals surface area (Å²) in [5.74, 6) is 0.849. The first kappa shape index (κ1) is 13.2. The molecule has 0 saturated heterocycles. The van der Waals surface area contributed by atoms with Crippen LogP contribution in [0.3, 0.4) is 0 Å². The Morgan fingerprint density at radius 1 is 1.19 bits per heavy atom. The van der Waals surface area contributed by atoms with Crippen LogP contribution in [0.25, 0.3) is 0 Å². The van der Waals surface area contributed by atoms with Gasteiger partial charge in [-0.3, -0.25) is 0 Å². The Morgan fingerprint density at radius 3 is 2.31 bits per heavy atom. The largest absolute Gasteiger partial charge is 0.491 e. The first-order valence-electron chi connectivity index (χ1n) is 5.52. The molecule has 1 aromatic rings. The van der Waals surface area contributed by atoms with Crippen molar-refractivity contribution in [3.8, 4) is 5.75 Å². The van der Waals surface area contributed by atoms with E-state index in [1.165, 1.54) is 0 Å². The summed E-state index contributed by atoms with van der Waals surface area (Å²) in [6, 6.07) is 5.90. The highest BCUT2D eigenvalue weighted by atomic mass is 32.2. The highest BCUT2D eigenvalue weighted by Gasteiger charge is 2.13. The maximum absolute atomic E-state index is 5.86. The van der Waals surface area contributed by atoms with E-state index < -0.39 is 0 Å². The number of nitrogen functional groups attached to an aromatic ring is 1. The van der Waals surface area contributed by atoms with E-state index in [9.17, 15) is 0 Å². The second-order valence-corrected chi connectivity index (χ2v) is 7.02. The van der Waals surface area contributed by atoms with Crippen LogP contribution < -0.4 is 10.5 Å². The molecule has 0 atom stereocenters. The van der Waals surface area contributed by atoms with Crippen molar-refractivity contribution in [3.63, 3.8) is 0 Å². The smallest absolute Gasteiger partial charge is 0.122 e. The molecule has 16 heavy (non-hydrogen) atoms. The van der Waals surface area contributed by atoms with E-state index in [0.29, 0.717) is 0 Å². The van der Waals surface area contributed by atoms with Crippen LogP contribution in [0.4, 0.5) is 5.69 Å². The van der Waals surface area contributed by atoms with Gasteiger partial charge < -0.3 is 10.5 Å². The molecular weight excluding hydrogens is 218 g/mol. The van der Waals surface area contributed by atoms with Crippen molar-refractivity contribution in [2.24, 2.45) is 0 Å². The number of hydrogen-bond donors (Lipinski definition) is 1. The summed E-state index contributed by atoms with van der Waals surface area (Å²) in [6.45, 7) is 10.6. The molecule has 0 unspecified atom stereocenters. The fourth-order valence-corrected chi connectivity index (χ4v) is 2.42. The van der Waals surface area contributed by atoms with Crippen LogP contribution in [0.5, 0.6) is 5.75 Å². The van der Waals surface area contributed by atoms with Crippen molar-refractivity contribution < 1.29 is 4.74 Å². The third kappa shape index (κ3) is 4.79. The van der Waals surface area contributed by atoms with E-state index in [4.69, 9.17) is 10.5 Å². The molecule has 2 nitrogen and oxygen atoms in total. The normalized spacial score (nSPS) is 11.9. The number of anilines is 1. The van der Waals surface area contributed by atoms with Crippen molar-refractivity contribution in [2.75, 3.05) is 5.73 Å². The quantitative estimate of drug-likeness (QED) is 0.641. The fourth-order valence-electron chi connectivity index (χ4n) is 1.35. The van der Waals surface area contributed by atoms with Gasteiger partial charge in [-0.1, -0.05) is 20.8 Å². The van der Waals surface area contributed by atoms with E-state index in [1.54, 1.807) is 11.8 Å². The fraction of sp³-hybridized carbons (Fsp3) is 0.538. The number of nitrogens with two attached hydrogens (primary N) is 1. The molecule has 0 heterocycles. The molecule has 1 aromatic carbocycles. The summed E-state index contributed by atoms with van der Waals surface area (Å²) in [6.07, 6.45) is 0.175. The Balaban J connectivity index is 2.90. The van der Waals surface area contributed by atoms with Crippen LogP contribution in [0.1, 0.15) is 34.6 Å². The molecule has 0 spiro atoms. The lowest BCUT2D eigenvalue weighted by molar-refractivity contribution is 0.242. The lowest BCUT2D eigenvalue weighted by Crippen LogP contribution is -2.08. The highest BCUT2D eigenvalue weighted by molar-refractivity contribution is 8.00. The molecule has 2 N–H and O–H groups in total. The van der Waals surface area contributed by atoms with Crippen LogP contribution >= 0.6 is 11.8 Å². The first-order chi connectivity index (χ1) is 7.26. The summed E-state index contributed by atoms with van der Waals surface area (Å²) in [5.41, 5.74) is 6.62. The average Bonchev–Trinajstić information content (AvgIpc) is 1.96. The van der Waals surface area contributed by atoms with E-state index in [-0.39, 0.29) is 10.9 Å². The Bertz CT molecular complexity index is 355. The van der Waals surface area contributed by atoms with Crippen molar-refractivity contribution in [2.45, 2.75) is 50.4 Å². The molecule has 0 aliphatic carbocycles. The van der Waals surface area contributed by atoms with Gasteiger partial charge in [0.05, 0.1) is 6.10 Å². The molecule has 3 heteroatoms. The summed E-state index contributed by atoms with van der Waals surface area (Å²) in [4.78, 5) is 1.16. The van der Waals surface area contributed by atoms with Gasteiger partial charge in [0.15, 0.2) is 0 Å². The Morgan fingerprint density at radius 2 is 1.81 bits per heavy atom. The zero-order valence-corrected chi connectivity index (χ0v) is 11.5. The summed E-state index contributed by atoms with van der Waals surface area (Å²) >= 11 is 1.80. The van der Waals surface area contributed by atoms with Crippen LogP contribution in [0.2, 0.25) is 0 Å². The molecule has 0 amide bonds. The second kappa shape index (κ2) is 5.00. The minimum atomic E-state index is 0.175. The highest BCUT2D eigenvalue weighted by Crippen LogP contribution is 2.35. The van der Waals surface area contributed by atoms with Crippen LogP contribution in [0.15, 0.2) is 23.1 Å². The minimum Gasteiger partial charge on any atom is -0.491 e. The Kier molecular flexibility index (Phi) is 4.14.